The van der Waals surface area contributed by atoms with Crippen LogP contribution in [-0.2, 0) is 4.79 Å². The van der Waals surface area contributed by atoms with Crippen LogP contribution in [0, 0.1) is 0 Å². The minimum Gasteiger partial charge on any atom is -0.322 e. The number of carbonyl (C=O) groups excluding carboxylic acids is 2. The van der Waals surface area contributed by atoms with Crippen molar-refractivity contribution in [2.75, 3.05) is 5.32 Å². The first-order valence-corrected chi connectivity index (χ1v) is 7.39. The van der Waals surface area contributed by atoms with E-state index in [2.05, 4.69) is 11.9 Å². The molecule has 0 aliphatic rings. The number of nitrogens with one attached hydrogen (secondary N) is 1. The van der Waals surface area contributed by atoms with Crippen molar-refractivity contribution >= 4 is 35.1 Å². The number of hydrogen-bond acceptors (Lipinski definition) is 2. The van der Waals surface area contributed by atoms with Gasteiger partial charge in [0.2, 0.25) is 0 Å². The Morgan fingerprint density at radius 1 is 1.09 bits per heavy atom. The Labute approximate surface area is 140 Å². The Hall–Kier alpha value is -2.65. The third-order valence-corrected chi connectivity index (χ3v) is 3.48. The van der Waals surface area contributed by atoms with Gasteiger partial charge in [-0.1, -0.05) is 36.4 Å². The van der Waals surface area contributed by atoms with E-state index in [1.54, 1.807) is 43.3 Å². The summed E-state index contributed by atoms with van der Waals surface area (Å²) in [6.07, 6.45) is 3.16. The van der Waals surface area contributed by atoms with Crippen LogP contribution in [0.2, 0.25) is 5.02 Å². The molecule has 0 atom stereocenters. The van der Waals surface area contributed by atoms with Gasteiger partial charge in [0.05, 0.1) is 0 Å². The number of halogens is 1. The van der Waals surface area contributed by atoms with Gasteiger partial charge in [0.1, 0.15) is 0 Å². The molecule has 2 aromatic carbocycles. The van der Waals surface area contributed by atoms with Gasteiger partial charge in [0, 0.05) is 21.8 Å². The standard InChI is InChI=1S/C19H16ClNO2/c1-13(2)19(23)21-16-10-7-15(8-11-16)18(22)12-9-14-5-3-4-6-17(14)20/h3-12H,1H2,2H3,(H,21,23)/b12-9+. The number of allylic oxidation sites excluding steroid dienone is 1. The van der Waals surface area contributed by atoms with Gasteiger partial charge in [-0.25, -0.2) is 0 Å². The Morgan fingerprint density at radius 3 is 2.35 bits per heavy atom. The minimum atomic E-state index is -0.248. The van der Waals surface area contributed by atoms with Crippen LogP contribution in [0.1, 0.15) is 22.8 Å². The second kappa shape index (κ2) is 7.56. The fraction of sp³-hybridized carbons (Fsp3) is 0.0526. The molecular weight excluding hydrogens is 310 g/mol. The summed E-state index contributed by atoms with van der Waals surface area (Å²) in [6.45, 7) is 5.20. The number of carbonyl (C=O) groups is 2. The molecule has 0 saturated heterocycles. The van der Waals surface area contributed by atoms with Crippen LogP contribution in [0.25, 0.3) is 6.08 Å². The molecule has 3 nitrogen and oxygen atoms in total. The maximum atomic E-state index is 12.1. The van der Waals surface area contributed by atoms with Crippen LogP contribution in [0.5, 0.6) is 0 Å². The number of hydrogen-bond donors (Lipinski definition) is 1. The minimum absolute atomic E-state index is 0.136. The first-order valence-electron chi connectivity index (χ1n) is 7.01. The number of ketones is 1. The van der Waals surface area contributed by atoms with E-state index in [0.29, 0.717) is 21.8 Å². The van der Waals surface area contributed by atoms with E-state index in [1.165, 1.54) is 6.08 Å². The van der Waals surface area contributed by atoms with E-state index in [-0.39, 0.29) is 11.7 Å². The van der Waals surface area contributed by atoms with Gasteiger partial charge < -0.3 is 5.32 Å². The van der Waals surface area contributed by atoms with Crippen molar-refractivity contribution in [3.8, 4) is 0 Å². The molecule has 23 heavy (non-hydrogen) atoms. The summed E-state index contributed by atoms with van der Waals surface area (Å²) in [6, 6.07) is 14.0. The molecule has 2 rings (SSSR count). The molecule has 0 saturated carbocycles. The molecule has 0 aliphatic heterocycles. The molecule has 1 N–H and O–H groups in total. The average molecular weight is 326 g/mol. The highest BCUT2D eigenvalue weighted by molar-refractivity contribution is 6.32. The molecule has 116 valence electrons. The molecule has 0 fully saturated rings. The molecule has 0 radical (unpaired) electrons. The smallest absolute Gasteiger partial charge is 0.250 e. The van der Waals surface area contributed by atoms with Crippen LogP contribution >= 0.6 is 11.6 Å². The first kappa shape index (κ1) is 16.7. The molecule has 2 aromatic rings. The highest BCUT2D eigenvalue weighted by atomic mass is 35.5. The zero-order valence-electron chi connectivity index (χ0n) is 12.7. The average Bonchev–Trinajstić information content (AvgIpc) is 2.54. The van der Waals surface area contributed by atoms with Crippen LogP contribution < -0.4 is 5.32 Å². The lowest BCUT2D eigenvalue weighted by Crippen LogP contribution is -2.11. The lowest BCUT2D eigenvalue weighted by molar-refractivity contribution is -0.112. The maximum Gasteiger partial charge on any atom is 0.250 e. The SMILES string of the molecule is C=C(C)C(=O)Nc1ccc(C(=O)/C=C/c2ccccc2Cl)cc1. The summed E-state index contributed by atoms with van der Waals surface area (Å²) < 4.78 is 0. The zero-order chi connectivity index (χ0) is 16.8. The van der Waals surface area contributed by atoms with Crippen molar-refractivity contribution in [1.29, 1.82) is 0 Å². The summed E-state index contributed by atoms with van der Waals surface area (Å²) in [5.41, 5.74) is 2.35. The van der Waals surface area contributed by atoms with Crippen molar-refractivity contribution in [3.05, 3.63) is 82.9 Å². The summed E-state index contributed by atoms with van der Waals surface area (Å²) in [4.78, 5) is 23.7. The number of amides is 1. The Morgan fingerprint density at radius 2 is 1.74 bits per heavy atom. The van der Waals surface area contributed by atoms with Gasteiger partial charge in [-0.3, -0.25) is 9.59 Å². The summed E-state index contributed by atoms with van der Waals surface area (Å²) in [5.74, 6) is -0.384. The fourth-order valence-electron chi connectivity index (χ4n) is 1.83. The van der Waals surface area contributed by atoms with Gasteiger partial charge in [0.25, 0.3) is 5.91 Å². The predicted octanol–water partition coefficient (Wildman–Crippen LogP) is 4.75. The van der Waals surface area contributed by atoms with E-state index >= 15 is 0 Å². The highest BCUT2D eigenvalue weighted by Crippen LogP contribution is 2.17. The second-order valence-electron chi connectivity index (χ2n) is 5.03. The number of benzene rings is 2. The lowest BCUT2D eigenvalue weighted by atomic mass is 10.1. The maximum absolute atomic E-state index is 12.1. The van der Waals surface area contributed by atoms with Crippen molar-refractivity contribution in [1.82, 2.24) is 0 Å². The first-order chi connectivity index (χ1) is 11.0. The third kappa shape index (κ3) is 4.66. The van der Waals surface area contributed by atoms with Gasteiger partial charge in [-0.05, 0) is 55.0 Å². The van der Waals surface area contributed by atoms with Crippen molar-refractivity contribution in [2.24, 2.45) is 0 Å². The van der Waals surface area contributed by atoms with Crippen LogP contribution in [-0.4, -0.2) is 11.7 Å². The molecule has 1 amide bonds. The topological polar surface area (TPSA) is 46.2 Å². The van der Waals surface area contributed by atoms with Crippen LogP contribution in [0.15, 0.2) is 66.8 Å². The lowest BCUT2D eigenvalue weighted by Gasteiger charge is -2.05. The summed E-state index contributed by atoms with van der Waals surface area (Å²) in [7, 11) is 0. The number of rotatable bonds is 5. The van der Waals surface area contributed by atoms with Gasteiger partial charge in [-0.2, -0.15) is 0 Å². The van der Waals surface area contributed by atoms with Gasteiger partial charge in [-0.15, -0.1) is 0 Å². The van der Waals surface area contributed by atoms with E-state index in [1.807, 2.05) is 18.2 Å². The van der Waals surface area contributed by atoms with E-state index < -0.39 is 0 Å². The van der Waals surface area contributed by atoms with Crippen LogP contribution in [0.3, 0.4) is 0 Å². The van der Waals surface area contributed by atoms with Gasteiger partial charge in [0.15, 0.2) is 5.78 Å². The highest BCUT2D eigenvalue weighted by Gasteiger charge is 2.05. The van der Waals surface area contributed by atoms with Crippen molar-refractivity contribution in [2.45, 2.75) is 6.92 Å². The van der Waals surface area contributed by atoms with Gasteiger partial charge >= 0.3 is 0 Å². The Kier molecular flexibility index (Phi) is 5.50. The van der Waals surface area contributed by atoms with Crippen LogP contribution in [0.4, 0.5) is 5.69 Å². The Balaban J connectivity index is 2.07. The second-order valence-corrected chi connectivity index (χ2v) is 5.44. The quantitative estimate of drug-likeness (QED) is 0.637. The monoisotopic (exact) mass is 325 g/mol. The van der Waals surface area contributed by atoms with Crippen molar-refractivity contribution in [3.63, 3.8) is 0 Å². The molecule has 0 aromatic heterocycles. The third-order valence-electron chi connectivity index (χ3n) is 3.13. The summed E-state index contributed by atoms with van der Waals surface area (Å²) in [5, 5.41) is 3.28. The fourth-order valence-corrected chi connectivity index (χ4v) is 2.03. The molecule has 0 spiro atoms. The Bertz CT molecular complexity index is 776. The van der Waals surface area contributed by atoms with Crippen molar-refractivity contribution < 1.29 is 9.59 Å². The molecule has 0 heterocycles. The number of anilines is 1. The molecular formula is C19H16ClNO2. The largest absolute Gasteiger partial charge is 0.322 e. The van der Waals surface area contributed by atoms with E-state index in [9.17, 15) is 9.59 Å². The zero-order valence-corrected chi connectivity index (χ0v) is 13.4. The van der Waals surface area contributed by atoms with E-state index in [4.69, 9.17) is 11.6 Å². The summed E-state index contributed by atoms with van der Waals surface area (Å²) >= 11 is 6.04. The molecule has 0 unspecified atom stereocenters. The molecule has 4 heteroatoms. The van der Waals surface area contributed by atoms with E-state index in [0.717, 1.165) is 5.56 Å². The normalized spacial score (nSPS) is 10.5. The molecule has 0 aliphatic carbocycles. The predicted molar refractivity (Wildman–Crippen MR) is 94.7 cm³/mol. The molecule has 0 bridgehead atoms.